The zero-order valence-electron chi connectivity index (χ0n) is 14.6. The van der Waals surface area contributed by atoms with E-state index in [9.17, 15) is 14.4 Å². The number of ether oxygens (including phenoxy) is 2. The van der Waals surface area contributed by atoms with Gasteiger partial charge in [0.05, 0.1) is 24.5 Å². The highest BCUT2D eigenvalue weighted by molar-refractivity contribution is 7.14. The smallest absolute Gasteiger partial charge is 0.331 e. The number of amides is 1. The van der Waals surface area contributed by atoms with Gasteiger partial charge < -0.3 is 14.4 Å². The van der Waals surface area contributed by atoms with Gasteiger partial charge in [0.1, 0.15) is 0 Å². The van der Waals surface area contributed by atoms with E-state index < -0.39 is 5.97 Å². The van der Waals surface area contributed by atoms with Crippen molar-refractivity contribution in [2.75, 3.05) is 32.9 Å². The van der Waals surface area contributed by atoms with Crippen LogP contribution in [-0.2, 0) is 25.5 Å². The van der Waals surface area contributed by atoms with Crippen LogP contribution in [0.5, 0.6) is 0 Å². The van der Waals surface area contributed by atoms with E-state index in [0.717, 1.165) is 10.4 Å². The molecule has 0 aromatic carbocycles. The van der Waals surface area contributed by atoms with Crippen LogP contribution in [0.1, 0.15) is 20.1 Å². The molecule has 142 valence electrons. The van der Waals surface area contributed by atoms with Crippen molar-refractivity contribution >= 4 is 46.4 Å². The maximum absolute atomic E-state index is 12.2. The average molecular weight is 405 g/mol. The quantitative estimate of drug-likeness (QED) is 0.402. The third-order valence-electron chi connectivity index (χ3n) is 3.93. The van der Waals surface area contributed by atoms with Crippen molar-refractivity contribution in [1.82, 2.24) is 4.90 Å². The highest BCUT2D eigenvalue weighted by atomic mass is 32.1. The van der Waals surface area contributed by atoms with E-state index in [1.807, 2.05) is 16.8 Å². The Morgan fingerprint density at radius 1 is 1.19 bits per heavy atom. The Morgan fingerprint density at radius 3 is 2.74 bits per heavy atom. The first-order valence-corrected chi connectivity index (χ1v) is 10.2. The first kappa shape index (κ1) is 19.5. The topological polar surface area (TPSA) is 72.9 Å². The van der Waals surface area contributed by atoms with Gasteiger partial charge in [-0.05, 0) is 40.6 Å². The lowest BCUT2D eigenvalue weighted by Crippen LogP contribution is -2.41. The highest BCUT2D eigenvalue weighted by Gasteiger charge is 2.19. The van der Waals surface area contributed by atoms with E-state index in [0.29, 0.717) is 31.2 Å². The SMILES string of the molecule is O=C(/C=C/c1ccsc1)OCC(=O)c1ccc(CC(=O)N2CCOCC2)s1. The number of rotatable bonds is 7. The molecule has 1 saturated heterocycles. The zero-order valence-corrected chi connectivity index (χ0v) is 16.2. The van der Waals surface area contributed by atoms with Crippen LogP contribution in [0.15, 0.2) is 35.0 Å². The molecule has 1 fully saturated rings. The lowest BCUT2D eigenvalue weighted by molar-refractivity contribution is -0.136. The predicted molar refractivity (Wildman–Crippen MR) is 104 cm³/mol. The maximum Gasteiger partial charge on any atom is 0.331 e. The van der Waals surface area contributed by atoms with Crippen LogP contribution < -0.4 is 0 Å². The van der Waals surface area contributed by atoms with Gasteiger partial charge in [-0.25, -0.2) is 4.79 Å². The van der Waals surface area contributed by atoms with Crippen LogP contribution in [0.3, 0.4) is 0 Å². The lowest BCUT2D eigenvalue weighted by Gasteiger charge is -2.26. The van der Waals surface area contributed by atoms with Crippen molar-refractivity contribution < 1.29 is 23.9 Å². The summed E-state index contributed by atoms with van der Waals surface area (Å²) >= 11 is 2.79. The van der Waals surface area contributed by atoms with Crippen molar-refractivity contribution in [3.63, 3.8) is 0 Å². The first-order chi connectivity index (χ1) is 13.1. The third kappa shape index (κ3) is 5.85. The molecular formula is C19H19NO5S2. The van der Waals surface area contributed by atoms with Gasteiger partial charge in [0.15, 0.2) is 6.61 Å². The highest BCUT2D eigenvalue weighted by Crippen LogP contribution is 2.19. The number of Topliss-reactive ketones (excluding diaryl/α,β-unsaturated/α-hetero) is 1. The zero-order chi connectivity index (χ0) is 19.1. The summed E-state index contributed by atoms with van der Waals surface area (Å²) in [4.78, 5) is 39.2. The minimum absolute atomic E-state index is 0.0316. The van der Waals surface area contributed by atoms with Crippen LogP contribution in [0.4, 0.5) is 0 Å². The fraction of sp³-hybridized carbons (Fsp3) is 0.316. The average Bonchev–Trinajstić information content (AvgIpc) is 3.37. The van der Waals surface area contributed by atoms with Gasteiger partial charge in [0.2, 0.25) is 11.7 Å². The Bertz CT molecular complexity index is 819. The minimum atomic E-state index is -0.561. The number of thiophene rings is 2. The molecule has 3 rings (SSSR count). The molecule has 1 amide bonds. The van der Waals surface area contributed by atoms with E-state index in [1.54, 1.807) is 23.1 Å². The van der Waals surface area contributed by atoms with E-state index in [4.69, 9.17) is 9.47 Å². The summed E-state index contributed by atoms with van der Waals surface area (Å²) in [6, 6.07) is 5.32. The molecule has 8 heteroatoms. The molecule has 0 radical (unpaired) electrons. The number of carbonyl (C=O) groups excluding carboxylic acids is 3. The Balaban J connectivity index is 1.46. The maximum atomic E-state index is 12.2. The van der Waals surface area contributed by atoms with Crippen molar-refractivity contribution in [3.8, 4) is 0 Å². The van der Waals surface area contributed by atoms with Crippen LogP contribution in [0.2, 0.25) is 0 Å². The second kappa shape index (κ2) is 9.59. The number of ketones is 1. The fourth-order valence-electron chi connectivity index (χ4n) is 2.49. The van der Waals surface area contributed by atoms with Crippen molar-refractivity contribution in [2.24, 2.45) is 0 Å². The predicted octanol–water partition coefficient (Wildman–Crippen LogP) is 2.65. The van der Waals surface area contributed by atoms with Crippen molar-refractivity contribution in [2.45, 2.75) is 6.42 Å². The van der Waals surface area contributed by atoms with E-state index >= 15 is 0 Å². The molecule has 1 aliphatic rings. The van der Waals surface area contributed by atoms with E-state index in [2.05, 4.69) is 0 Å². The Kier molecular flexibility index (Phi) is 6.92. The van der Waals surface area contributed by atoms with Gasteiger partial charge in [-0.1, -0.05) is 0 Å². The summed E-state index contributed by atoms with van der Waals surface area (Å²) in [5.41, 5.74) is 0.913. The van der Waals surface area contributed by atoms with Crippen molar-refractivity contribution in [1.29, 1.82) is 0 Å². The molecule has 27 heavy (non-hydrogen) atoms. The summed E-state index contributed by atoms with van der Waals surface area (Å²) < 4.78 is 10.2. The third-order valence-corrected chi connectivity index (χ3v) is 5.75. The monoisotopic (exact) mass is 405 g/mol. The molecular weight excluding hydrogens is 386 g/mol. The van der Waals surface area contributed by atoms with Crippen LogP contribution in [-0.4, -0.2) is 55.5 Å². The molecule has 2 aromatic rings. The number of morpholine rings is 1. The molecule has 0 aliphatic carbocycles. The lowest BCUT2D eigenvalue weighted by atomic mass is 10.2. The summed E-state index contributed by atoms with van der Waals surface area (Å²) in [6.45, 7) is 2.01. The molecule has 0 atom stereocenters. The summed E-state index contributed by atoms with van der Waals surface area (Å²) in [5.74, 6) is -0.805. The normalized spacial score (nSPS) is 14.4. The van der Waals surface area contributed by atoms with Gasteiger partial charge >= 0.3 is 5.97 Å². The second-order valence-electron chi connectivity index (χ2n) is 5.86. The van der Waals surface area contributed by atoms with E-state index in [-0.39, 0.29) is 24.7 Å². The molecule has 3 heterocycles. The first-order valence-electron chi connectivity index (χ1n) is 8.46. The van der Waals surface area contributed by atoms with Gasteiger partial charge in [-0.2, -0.15) is 11.3 Å². The standard InChI is InChI=1S/C19H19NO5S2/c21-16(12-25-19(23)4-1-14-5-10-26-13-14)17-3-2-15(27-17)11-18(22)20-6-8-24-9-7-20/h1-5,10,13H,6-9,11-12H2/b4-1+. The van der Waals surface area contributed by atoms with Gasteiger partial charge in [0, 0.05) is 24.0 Å². The molecule has 0 unspecified atom stereocenters. The number of esters is 1. The number of nitrogens with zero attached hydrogens (tertiary/aromatic N) is 1. The summed E-state index contributed by atoms with van der Waals surface area (Å²) in [6.07, 6.45) is 3.21. The van der Waals surface area contributed by atoms with Gasteiger partial charge in [-0.15, -0.1) is 11.3 Å². The van der Waals surface area contributed by atoms with Crippen LogP contribution in [0, 0.1) is 0 Å². The summed E-state index contributed by atoms with van der Waals surface area (Å²) in [7, 11) is 0. The molecule has 0 saturated carbocycles. The van der Waals surface area contributed by atoms with Crippen LogP contribution >= 0.6 is 22.7 Å². The molecule has 1 aliphatic heterocycles. The summed E-state index contributed by atoms with van der Waals surface area (Å²) in [5, 5.41) is 3.81. The Hall–Kier alpha value is -2.29. The van der Waals surface area contributed by atoms with E-state index in [1.165, 1.54) is 28.7 Å². The number of carbonyl (C=O) groups is 3. The molecule has 2 aromatic heterocycles. The molecule has 0 spiro atoms. The Morgan fingerprint density at radius 2 is 2.00 bits per heavy atom. The number of hydrogen-bond donors (Lipinski definition) is 0. The van der Waals surface area contributed by atoms with Crippen LogP contribution in [0.25, 0.3) is 6.08 Å². The second-order valence-corrected chi connectivity index (χ2v) is 7.81. The molecule has 0 N–H and O–H groups in total. The van der Waals surface area contributed by atoms with Gasteiger partial charge in [-0.3, -0.25) is 9.59 Å². The fourth-order valence-corrected chi connectivity index (χ4v) is 4.04. The number of hydrogen-bond acceptors (Lipinski definition) is 7. The molecule has 0 bridgehead atoms. The Labute approximate surface area is 165 Å². The van der Waals surface area contributed by atoms with Crippen molar-refractivity contribution in [3.05, 3.63) is 50.4 Å². The molecule has 6 nitrogen and oxygen atoms in total. The van der Waals surface area contributed by atoms with Gasteiger partial charge in [0.25, 0.3) is 0 Å². The minimum Gasteiger partial charge on any atom is -0.454 e. The largest absolute Gasteiger partial charge is 0.454 e.